The van der Waals surface area contributed by atoms with Crippen LogP contribution in [0, 0.1) is 13.8 Å². The molecule has 0 fully saturated rings. The Hall–Kier alpha value is -2.16. The van der Waals surface area contributed by atoms with Gasteiger partial charge in [-0.1, -0.05) is 29.8 Å². The number of nitrogens with zero attached hydrogens (tertiary/aromatic N) is 2. The predicted molar refractivity (Wildman–Crippen MR) is 79.5 cm³/mol. The van der Waals surface area contributed by atoms with E-state index in [2.05, 4.69) is 53.6 Å². The van der Waals surface area contributed by atoms with Crippen LogP contribution >= 0.6 is 0 Å². The minimum atomic E-state index is 0.813. The van der Waals surface area contributed by atoms with Crippen LogP contribution in [0.25, 0.3) is 0 Å². The Morgan fingerprint density at radius 3 is 2.79 bits per heavy atom. The zero-order chi connectivity index (χ0) is 13.7. The lowest BCUT2D eigenvalue weighted by atomic mass is 9.99. The average molecular weight is 253 g/mol. The third kappa shape index (κ3) is 3.41. The van der Waals surface area contributed by atoms with Crippen LogP contribution in [0.15, 0.2) is 47.8 Å². The number of rotatable bonds is 4. The van der Waals surface area contributed by atoms with Crippen molar-refractivity contribution in [1.82, 2.24) is 10.4 Å². The van der Waals surface area contributed by atoms with Gasteiger partial charge in [0.2, 0.25) is 0 Å². The molecular weight excluding hydrogens is 234 g/mol. The third-order valence-corrected chi connectivity index (χ3v) is 3.03. The molecule has 0 aliphatic rings. The molecule has 1 aromatic carbocycles. The lowest BCUT2D eigenvalue weighted by Crippen LogP contribution is -2.12. The van der Waals surface area contributed by atoms with Gasteiger partial charge in [0.25, 0.3) is 0 Å². The zero-order valence-electron chi connectivity index (χ0n) is 11.6. The van der Waals surface area contributed by atoms with E-state index in [4.69, 9.17) is 0 Å². The first-order chi connectivity index (χ1) is 9.20. The second-order valence-electron chi connectivity index (χ2n) is 4.64. The summed E-state index contributed by atoms with van der Waals surface area (Å²) in [5, 5.41) is 4.42. The van der Waals surface area contributed by atoms with Crippen molar-refractivity contribution in [2.75, 3.05) is 7.05 Å². The molecule has 0 saturated carbocycles. The number of nitrogens with one attached hydrogen (secondary N) is 1. The number of benzene rings is 1. The molecule has 1 heterocycles. The van der Waals surface area contributed by atoms with Gasteiger partial charge in [-0.05, 0) is 31.0 Å². The molecule has 1 aromatic heterocycles. The van der Waals surface area contributed by atoms with Gasteiger partial charge < -0.3 is 5.43 Å². The van der Waals surface area contributed by atoms with Crippen LogP contribution in [0.5, 0.6) is 0 Å². The third-order valence-electron chi connectivity index (χ3n) is 3.03. The number of aromatic nitrogens is 1. The summed E-state index contributed by atoms with van der Waals surface area (Å²) in [4.78, 5) is 4.13. The lowest BCUT2D eigenvalue weighted by molar-refractivity contribution is 0.893. The van der Waals surface area contributed by atoms with Crippen LogP contribution in [0.3, 0.4) is 0 Å². The SMILES string of the molecule is CN/N=C(/Cc1cccc(C)c1)c1ccncc1C. The van der Waals surface area contributed by atoms with Crippen molar-refractivity contribution in [2.45, 2.75) is 20.3 Å². The zero-order valence-corrected chi connectivity index (χ0v) is 11.6. The molecule has 98 valence electrons. The maximum Gasteiger partial charge on any atom is 0.0722 e. The smallest absolute Gasteiger partial charge is 0.0722 e. The monoisotopic (exact) mass is 253 g/mol. The molecule has 0 amide bonds. The van der Waals surface area contributed by atoms with Crippen molar-refractivity contribution in [2.24, 2.45) is 5.10 Å². The quantitative estimate of drug-likeness (QED) is 0.672. The largest absolute Gasteiger partial charge is 0.313 e. The summed E-state index contributed by atoms with van der Waals surface area (Å²) in [6.07, 6.45) is 4.49. The molecule has 2 rings (SSSR count). The van der Waals surface area contributed by atoms with Gasteiger partial charge in [0.15, 0.2) is 0 Å². The van der Waals surface area contributed by atoms with Gasteiger partial charge >= 0.3 is 0 Å². The Labute approximate surface area is 114 Å². The molecule has 3 nitrogen and oxygen atoms in total. The van der Waals surface area contributed by atoms with E-state index in [0.717, 1.165) is 23.3 Å². The molecule has 2 aromatic rings. The topological polar surface area (TPSA) is 37.3 Å². The van der Waals surface area contributed by atoms with Crippen molar-refractivity contribution in [3.8, 4) is 0 Å². The maximum absolute atomic E-state index is 4.42. The number of aryl methyl sites for hydroxylation is 2. The van der Waals surface area contributed by atoms with Crippen LogP contribution in [-0.2, 0) is 6.42 Å². The summed E-state index contributed by atoms with van der Waals surface area (Å²) in [6, 6.07) is 10.5. The van der Waals surface area contributed by atoms with E-state index in [9.17, 15) is 0 Å². The van der Waals surface area contributed by atoms with E-state index in [1.165, 1.54) is 11.1 Å². The summed E-state index contributed by atoms with van der Waals surface area (Å²) in [5.41, 5.74) is 8.76. The Kier molecular flexibility index (Phi) is 4.29. The van der Waals surface area contributed by atoms with Gasteiger partial charge in [0, 0.05) is 31.4 Å². The minimum absolute atomic E-state index is 0.813. The molecule has 0 aliphatic heterocycles. The van der Waals surface area contributed by atoms with Crippen LogP contribution in [0.1, 0.15) is 22.3 Å². The van der Waals surface area contributed by atoms with Crippen molar-refractivity contribution in [3.05, 3.63) is 65.0 Å². The molecular formula is C16H19N3. The summed E-state index contributed by atoms with van der Waals surface area (Å²) in [7, 11) is 1.83. The van der Waals surface area contributed by atoms with Crippen molar-refractivity contribution in [1.29, 1.82) is 0 Å². The van der Waals surface area contributed by atoms with E-state index < -0.39 is 0 Å². The van der Waals surface area contributed by atoms with E-state index in [0.29, 0.717) is 0 Å². The molecule has 1 N–H and O–H groups in total. The van der Waals surface area contributed by atoms with Crippen molar-refractivity contribution in [3.63, 3.8) is 0 Å². The van der Waals surface area contributed by atoms with Crippen LogP contribution in [0.4, 0.5) is 0 Å². The highest BCUT2D eigenvalue weighted by Crippen LogP contribution is 2.12. The van der Waals surface area contributed by atoms with Crippen LogP contribution in [0.2, 0.25) is 0 Å². The van der Waals surface area contributed by atoms with Gasteiger partial charge in [-0.25, -0.2) is 0 Å². The van der Waals surface area contributed by atoms with Gasteiger partial charge in [-0.3, -0.25) is 4.98 Å². The van der Waals surface area contributed by atoms with Gasteiger partial charge in [-0.2, -0.15) is 5.10 Å². The first-order valence-corrected chi connectivity index (χ1v) is 6.40. The Morgan fingerprint density at radius 1 is 1.26 bits per heavy atom. The van der Waals surface area contributed by atoms with Gasteiger partial charge in [-0.15, -0.1) is 0 Å². The highest BCUT2D eigenvalue weighted by Gasteiger charge is 2.08. The number of hydrogen-bond acceptors (Lipinski definition) is 3. The van der Waals surface area contributed by atoms with E-state index in [1.54, 1.807) is 0 Å². The number of hydrazone groups is 1. The molecule has 0 spiro atoms. The fourth-order valence-corrected chi connectivity index (χ4v) is 2.14. The molecule has 0 radical (unpaired) electrons. The number of pyridine rings is 1. The standard InChI is InChI=1S/C16H19N3/c1-12-5-4-6-14(9-12)10-16(19-17-3)15-7-8-18-11-13(15)2/h4-9,11,17H,10H2,1-3H3/b19-16-. The van der Waals surface area contributed by atoms with E-state index in [-0.39, 0.29) is 0 Å². The molecule has 3 heteroatoms. The molecule has 19 heavy (non-hydrogen) atoms. The summed E-state index contributed by atoms with van der Waals surface area (Å²) in [6.45, 7) is 4.17. The second-order valence-corrected chi connectivity index (χ2v) is 4.64. The first-order valence-electron chi connectivity index (χ1n) is 6.40. The highest BCUT2D eigenvalue weighted by atomic mass is 15.3. The van der Waals surface area contributed by atoms with Gasteiger partial charge in [0.1, 0.15) is 0 Å². The lowest BCUT2D eigenvalue weighted by Gasteiger charge is -2.10. The van der Waals surface area contributed by atoms with Crippen molar-refractivity contribution < 1.29 is 0 Å². The Balaban J connectivity index is 2.32. The Morgan fingerprint density at radius 2 is 2.11 bits per heavy atom. The highest BCUT2D eigenvalue weighted by molar-refractivity contribution is 6.02. The summed E-state index contributed by atoms with van der Waals surface area (Å²) < 4.78 is 0. The maximum atomic E-state index is 4.42. The van der Waals surface area contributed by atoms with Crippen LogP contribution in [-0.4, -0.2) is 17.7 Å². The normalized spacial score (nSPS) is 11.4. The van der Waals surface area contributed by atoms with Crippen molar-refractivity contribution >= 4 is 5.71 Å². The fraction of sp³-hybridized carbons (Fsp3) is 0.250. The fourth-order valence-electron chi connectivity index (χ4n) is 2.14. The van der Waals surface area contributed by atoms with Crippen LogP contribution < -0.4 is 5.43 Å². The van der Waals surface area contributed by atoms with Gasteiger partial charge in [0.05, 0.1) is 5.71 Å². The van der Waals surface area contributed by atoms with E-state index >= 15 is 0 Å². The minimum Gasteiger partial charge on any atom is -0.313 e. The Bertz CT molecular complexity index is 588. The molecule has 0 unspecified atom stereocenters. The second kappa shape index (κ2) is 6.14. The predicted octanol–water partition coefficient (Wildman–Crippen LogP) is 2.86. The first kappa shape index (κ1) is 13.3. The molecule has 0 saturated heterocycles. The van der Waals surface area contributed by atoms with E-state index in [1.807, 2.05) is 25.5 Å². The average Bonchev–Trinajstić information content (AvgIpc) is 2.39. The number of hydrogen-bond donors (Lipinski definition) is 1. The summed E-state index contributed by atoms with van der Waals surface area (Å²) in [5.74, 6) is 0. The molecule has 0 atom stereocenters. The summed E-state index contributed by atoms with van der Waals surface area (Å²) >= 11 is 0. The molecule has 0 aliphatic carbocycles. The molecule has 0 bridgehead atoms.